The minimum Gasteiger partial charge on any atom is -0.496 e. The number of Topliss-reactive ketones (excluding diaryl/α,β-unsaturated/α-hetero) is 2. The Kier molecular flexibility index (Phi) is 24.0. The van der Waals surface area contributed by atoms with Gasteiger partial charge in [0.05, 0.1) is 7.11 Å². The van der Waals surface area contributed by atoms with Crippen LogP contribution in [0.1, 0.15) is 127 Å². The Morgan fingerprint density at radius 2 is 1.49 bits per heavy atom. The van der Waals surface area contributed by atoms with Crippen LogP contribution in [0.3, 0.4) is 0 Å². The van der Waals surface area contributed by atoms with Gasteiger partial charge in [-0.1, -0.05) is 114 Å². The third-order valence-corrected chi connectivity index (χ3v) is 7.66. The number of ketones is 2. The molecule has 0 fully saturated rings. The van der Waals surface area contributed by atoms with E-state index in [1.807, 2.05) is 45.0 Å². The summed E-state index contributed by atoms with van der Waals surface area (Å²) in [5.74, 6) is 2.82. The van der Waals surface area contributed by atoms with Gasteiger partial charge in [-0.25, -0.2) is 0 Å². The van der Waals surface area contributed by atoms with Gasteiger partial charge in [0.1, 0.15) is 11.5 Å². The van der Waals surface area contributed by atoms with Gasteiger partial charge >= 0.3 is 0 Å². The van der Waals surface area contributed by atoms with Crippen LogP contribution in [0.4, 0.5) is 0 Å². The largest absolute Gasteiger partial charge is 0.496 e. The van der Waals surface area contributed by atoms with Gasteiger partial charge in [0, 0.05) is 22.4 Å². The smallest absolute Gasteiger partial charge is 0.160 e. The average Bonchev–Trinajstić information content (AvgIpc) is 2.92. The molecule has 0 heterocycles. The Morgan fingerprint density at radius 3 is 1.85 bits per heavy atom. The highest BCUT2D eigenvalue weighted by molar-refractivity contribution is 9.10. The predicted molar refractivity (Wildman–Crippen MR) is 174 cm³/mol. The van der Waals surface area contributed by atoms with Gasteiger partial charge in [-0.15, -0.1) is 0 Å². The number of benzene rings is 2. The van der Waals surface area contributed by atoms with E-state index in [9.17, 15) is 9.59 Å². The zero-order valence-corrected chi connectivity index (χ0v) is 28.5. The zero-order valence-electron chi connectivity index (χ0n) is 26.9. The number of methoxy groups -OCH3 is 1. The summed E-state index contributed by atoms with van der Waals surface area (Å²) >= 11 is 3.42. The summed E-state index contributed by atoms with van der Waals surface area (Å²) < 4.78 is 6.15. The SMILES string of the molecule is CCC(CC)CC.CCCC(=O)C(C)CCC.CCc1c(Br)cccc1C(C)=O.COc1cc(C)ccc1C. The van der Waals surface area contributed by atoms with E-state index in [1.54, 1.807) is 14.0 Å². The van der Waals surface area contributed by atoms with Crippen molar-refractivity contribution in [2.75, 3.05) is 7.11 Å². The summed E-state index contributed by atoms with van der Waals surface area (Å²) in [5.41, 5.74) is 4.35. The Morgan fingerprint density at radius 1 is 0.897 bits per heavy atom. The van der Waals surface area contributed by atoms with Crippen molar-refractivity contribution in [1.82, 2.24) is 0 Å². The fourth-order valence-corrected chi connectivity index (χ4v) is 4.77. The molecule has 3 nitrogen and oxygen atoms in total. The number of hydrogen-bond acceptors (Lipinski definition) is 3. The van der Waals surface area contributed by atoms with Gasteiger partial charge in [0.25, 0.3) is 0 Å². The van der Waals surface area contributed by atoms with E-state index in [4.69, 9.17) is 4.74 Å². The molecule has 0 spiro atoms. The molecule has 0 saturated heterocycles. The number of halogens is 1. The summed E-state index contributed by atoms with van der Waals surface area (Å²) in [6.45, 7) is 20.7. The van der Waals surface area contributed by atoms with E-state index in [1.165, 1.54) is 30.4 Å². The molecule has 2 rings (SSSR count). The Labute approximate surface area is 249 Å². The van der Waals surface area contributed by atoms with Crippen LogP contribution in [0, 0.1) is 25.7 Å². The Bertz CT molecular complexity index is 926. The minimum atomic E-state index is 0.133. The molecule has 1 unspecified atom stereocenters. The van der Waals surface area contributed by atoms with E-state index in [2.05, 4.69) is 69.6 Å². The highest BCUT2D eigenvalue weighted by atomic mass is 79.9. The molecule has 0 aliphatic heterocycles. The molecular weight excluding hydrogens is 548 g/mol. The van der Waals surface area contributed by atoms with Crippen LogP contribution in [0.2, 0.25) is 0 Å². The number of carbonyl (C=O) groups is 2. The lowest BCUT2D eigenvalue weighted by Crippen LogP contribution is -2.09. The van der Waals surface area contributed by atoms with Crippen molar-refractivity contribution in [3.8, 4) is 5.75 Å². The van der Waals surface area contributed by atoms with Crippen LogP contribution in [-0.4, -0.2) is 18.7 Å². The second kappa shape index (κ2) is 23.9. The maximum atomic E-state index is 11.2. The summed E-state index contributed by atoms with van der Waals surface area (Å²) in [4.78, 5) is 22.3. The summed E-state index contributed by atoms with van der Waals surface area (Å²) in [6, 6.07) is 11.9. The molecule has 1 atom stereocenters. The van der Waals surface area contributed by atoms with Crippen molar-refractivity contribution >= 4 is 27.5 Å². The highest BCUT2D eigenvalue weighted by Gasteiger charge is 2.09. The van der Waals surface area contributed by atoms with Crippen molar-refractivity contribution in [2.24, 2.45) is 11.8 Å². The molecular formula is C35H57BrO3. The molecule has 0 bridgehead atoms. The molecule has 2 aromatic carbocycles. The third kappa shape index (κ3) is 17.4. The van der Waals surface area contributed by atoms with Crippen LogP contribution in [0.5, 0.6) is 5.75 Å². The molecule has 2 aromatic rings. The normalized spacial score (nSPS) is 10.7. The standard InChI is InChI=1S/C10H11BrO.C9H12O.C9H18O.C7H16/c1-3-8-9(7(2)12)5-4-6-10(8)11;1-7-4-5-8(2)9(6-7)10-3;1-4-6-8(3)9(10)7-5-2;1-4-7(5-2)6-3/h4-6H,3H2,1-2H3;4-6H,1-3H3;8H,4-7H2,1-3H3;7H,4-6H2,1-3H3. The van der Waals surface area contributed by atoms with Crippen LogP contribution in [0.15, 0.2) is 40.9 Å². The molecule has 0 N–H and O–H groups in total. The van der Waals surface area contributed by atoms with Gasteiger partial charge in [0.15, 0.2) is 5.78 Å². The minimum absolute atomic E-state index is 0.133. The topological polar surface area (TPSA) is 43.4 Å². The third-order valence-electron chi connectivity index (χ3n) is 6.92. The molecule has 222 valence electrons. The van der Waals surface area contributed by atoms with E-state index in [0.29, 0.717) is 11.7 Å². The first-order valence-electron chi connectivity index (χ1n) is 14.9. The fourth-order valence-electron chi connectivity index (χ4n) is 4.13. The molecule has 0 saturated carbocycles. The number of ether oxygens (including phenoxy) is 1. The average molecular weight is 606 g/mol. The van der Waals surface area contributed by atoms with Crippen LogP contribution in [0.25, 0.3) is 0 Å². The molecule has 4 heteroatoms. The predicted octanol–water partition coefficient (Wildman–Crippen LogP) is 11.2. The molecule has 0 aromatic heterocycles. The van der Waals surface area contributed by atoms with Crippen molar-refractivity contribution < 1.29 is 14.3 Å². The van der Waals surface area contributed by atoms with Crippen molar-refractivity contribution in [1.29, 1.82) is 0 Å². The molecule has 39 heavy (non-hydrogen) atoms. The van der Waals surface area contributed by atoms with E-state index in [-0.39, 0.29) is 5.78 Å². The summed E-state index contributed by atoms with van der Waals surface area (Å²) in [7, 11) is 1.70. The fraction of sp³-hybridized carbons (Fsp3) is 0.600. The lowest BCUT2D eigenvalue weighted by Gasteiger charge is -2.06. The summed E-state index contributed by atoms with van der Waals surface area (Å²) in [6.07, 6.45) is 8.88. The first kappa shape index (κ1) is 39.2. The van der Waals surface area contributed by atoms with Crippen molar-refractivity contribution in [3.05, 3.63) is 63.1 Å². The maximum absolute atomic E-state index is 11.2. The molecule has 0 aliphatic rings. The van der Waals surface area contributed by atoms with Gasteiger partial charge in [-0.3, -0.25) is 9.59 Å². The Balaban J connectivity index is 0. The van der Waals surface area contributed by atoms with Gasteiger partial charge < -0.3 is 4.74 Å². The van der Waals surface area contributed by atoms with E-state index in [0.717, 1.165) is 59.4 Å². The highest BCUT2D eigenvalue weighted by Crippen LogP contribution is 2.21. The lowest BCUT2D eigenvalue weighted by molar-refractivity contribution is -0.122. The monoisotopic (exact) mass is 604 g/mol. The van der Waals surface area contributed by atoms with E-state index < -0.39 is 0 Å². The van der Waals surface area contributed by atoms with Gasteiger partial charge in [0.2, 0.25) is 0 Å². The van der Waals surface area contributed by atoms with Crippen LogP contribution < -0.4 is 4.74 Å². The number of hydrogen-bond donors (Lipinski definition) is 0. The lowest BCUT2D eigenvalue weighted by atomic mass is 9.98. The molecule has 0 aliphatic carbocycles. The number of aryl methyl sites for hydroxylation is 2. The number of carbonyl (C=O) groups excluding carboxylic acids is 2. The van der Waals surface area contributed by atoms with Gasteiger partial charge in [-0.05, 0) is 74.8 Å². The maximum Gasteiger partial charge on any atom is 0.160 e. The van der Waals surface area contributed by atoms with Gasteiger partial charge in [-0.2, -0.15) is 0 Å². The Hall–Kier alpha value is -1.94. The first-order chi connectivity index (χ1) is 18.5. The van der Waals surface area contributed by atoms with Crippen molar-refractivity contribution in [2.45, 2.75) is 121 Å². The molecule has 0 amide bonds. The second-order valence-electron chi connectivity index (χ2n) is 10.1. The van der Waals surface area contributed by atoms with Crippen molar-refractivity contribution in [3.63, 3.8) is 0 Å². The zero-order chi connectivity index (χ0) is 30.4. The second-order valence-corrected chi connectivity index (χ2v) is 11.0. The first-order valence-corrected chi connectivity index (χ1v) is 15.7. The van der Waals surface area contributed by atoms with Crippen LogP contribution >= 0.6 is 15.9 Å². The number of rotatable bonds is 11. The summed E-state index contributed by atoms with van der Waals surface area (Å²) in [5, 5.41) is 0. The van der Waals surface area contributed by atoms with E-state index >= 15 is 0 Å². The quantitative estimate of drug-likeness (QED) is 0.239. The molecule has 0 radical (unpaired) electrons. The van der Waals surface area contributed by atoms with Crippen LogP contribution in [-0.2, 0) is 11.2 Å².